The Kier molecular flexibility index (Phi) is 9.49. The number of carbonyl (C=O) groups is 2. The van der Waals surface area contributed by atoms with Crippen molar-refractivity contribution in [2.75, 3.05) is 12.0 Å². The van der Waals surface area contributed by atoms with E-state index in [4.69, 9.17) is 0 Å². The molecule has 1 atom stereocenters. The third-order valence-corrected chi connectivity index (χ3v) is 4.99. The van der Waals surface area contributed by atoms with E-state index in [1.807, 2.05) is 77.9 Å². The molecule has 2 N–H and O–H groups in total. The molecule has 1 amide bonds. The maximum atomic E-state index is 12.6. The van der Waals surface area contributed by atoms with Gasteiger partial charge in [0.2, 0.25) is 0 Å². The van der Waals surface area contributed by atoms with Gasteiger partial charge in [0, 0.05) is 19.3 Å². The highest BCUT2D eigenvalue weighted by molar-refractivity contribution is 7.98. The minimum Gasteiger partial charge on any atom is -0.480 e. The molecule has 0 aliphatic carbocycles. The molecule has 2 aromatic carbocycles. The van der Waals surface area contributed by atoms with Crippen LogP contribution >= 0.6 is 11.8 Å². The Bertz CT molecular complexity index is 853. The summed E-state index contributed by atoms with van der Waals surface area (Å²) in [5.41, 5.74) is 1.94. The number of hydrogen-bond donors (Lipinski definition) is 2. The van der Waals surface area contributed by atoms with Gasteiger partial charge < -0.3 is 15.3 Å². The second-order valence-corrected chi connectivity index (χ2v) is 7.66. The molecule has 2 aromatic rings. The fraction of sp³-hybridized carbons (Fsp3) is 0.261. The molecule has 7 heteroatoms. The number of amides is 1. The highest BCUT2D eigenvalue weighted by Gasteiger charge is 2.22. The molecule has 0 radical (unpaired) electrons. The molecular weight excluding hydrogens is 398 g/mol. The highest BCUT2D eigenvalue weighted by Crippen LogP contribution is 2.13. The van der Waals surface area contributed by atoms with Gasteiger partial charge in [-0.15, -0.1) is 0 Å². The van der Waals surface area contributed by atoms with Gasteiger partial charge in [-0.1, -0.05) is 60.7 Å². The van der Waals surface area contributed by atoms with E-state index in [0.29, 0.717) is 25.3 Å². The molecule has 0 bridgehead atoms. The summed E-state index contributed by atoms with van der Waals surface area (Å²) in [6.45, 7) is 1.01. The van der Waals surface area contributed by atoms with E-state index in [-0.39, 0.29) is 5.57 Å². The molecule has 1 unspecified atom stereocenters. The smallest absolute Gasteiger partial charge is 0.326 e. The Balaban J connectivity index is 2.22. The first-order valence-corrected chi connectivity index (χ1v) is 10.9. The van der Waals surface area contributed by atoms with E-state index in [2.05, 4.69) is 5.32 Å². The van der Waals surface area contributed by atoms with Crippen LogP contribution in [0.15, 0.2) is 72.4 Å². The van der Waals surface area contributed by atoms with Crippen LogP contribution in [0, 0.1) is 11.3 Å². The number of rotatable bonds is 11. The summed E-state index contributed by atoms with van der Waals surface area (Å²) in [6, 6.07) is 20.4. The standard InChI is InChI=1S/C23H25N3O3S/c1-30-13-12-21(23(28)29)25-22(27)20(14-24)17-26(15-18-8-4-2-5-9-18)16-19-10-6-3-7-11-19/h2-11,17,21H,12-13,15-16H2,1H3,(H,25,27)(H,28,29)/b20-17-. The van der Waals surface area contributed by atoms with Gasteiger partial charge in [-0.05, 0) is 29.6 Å². The molecule has 0 fully saturated rings. The van der Waals surface area contributed by atoms with E-state index in [1.54, 1.807) is 0 Å². The second kappa shape index (κ2) is 12.3. The van der Waals surface area contributed by atoms with Crippen LogP contribution in [0.5, 0.6) is 0 Å². The Morgan fingerprint density at radius 2 is 1.63 bits per heavy atom. The van der Waals surface area contributed by atoms with Gasteiger partial charge in [0.1, 0.15) is 17.7 Å². The first-order valence-electron chi connectivity index (χ1n) is 9.50. The van der Waals surface area contributed by atoms with Crippen LogP contribution in [0.4, 0.5) is 0 Å². The topological polar surface area (TPSA) is 93.4 Å². The van der Waals surface area contributed by atoms with Crippen LogP contribution in [0.3, 0.4) is 0 Å². The van der Waals surface area contributed by atoms with Gasteiger partial charge >= 0.3 is 5.97 Å². The number of thioether (sulfide) groups is 1. The zero-order valence-electron chi connectivity index (χ0n) is 16.8. The number of benzene rings is 2. The maximum absolute atomic E-state index is 12.6. The Morgan fingerprint density at radius 3 is 2.07 bits per heavy atom. The van der Waals surface area contributed by atoms with Crippen LogP contribution in [-0.2, 0) is 22.7 Å². The number of carboxylic acid groups (broad SMARTS) is 1. The lowest BCUT2D eigenvalue weighted by atomic mass is 10.1. The fourth-order valence-electron chi connectivity index (χ4n) is 2.83. The van der Waals surface area contributed by atoms with Crippen molar-refractivity contribution in [3.05, 3.63) is 83.6 Å². The normalized spacial score (nSPS) is 11.9. The predicted octanol–water partition coefficient (Wildman–Crippen LogP) is 3.42. The van der Waals surface area contributed by atoms with Gasteiger partial charge in [-0.25, -0.2) is 4.79 Å². The Morgan fingerprint density at radius 1 is 1.10 bits per heavy atom. The summed E-state index contributed by atoms with van der Waals surface area (Å²) in [5, 5.41) is 21.4. The summed E-state index contributed by atoms with van der Waals surface area (Å²) < 4.78 is 0. The molecular formula is C23H25N3O3S. The average Bonchev–Trinajstić information content (AvgIpc) is 2.75. The first-order chi connectivity index (χ1) is 14.5. The first kappa shape index (κ1) is 23.0. The average molecular weight is 424 g/mol. The molecule has 2 rings (SSSR count). The van der Waals surface area contributed by atoms with Crippen molar-refractivity contribution in [1.82, 2.24) is 10.2 Å². The van der Waals surface area contributed by atoms with Gasteiger partial charge in [-0.2, -0.15) is 17.0 Å². The molecule has 6 nitrogen and oxygen atoms in total. The van der Waals surface area contributed by atoms with Crippen molar-refractivity contribution in [2.45, 2.75) is 25.6 Å². The molecule has 0 aromatic heterocycles. The van der Waals surface area contributed by atoms with E-state index < -0.39 is 17.9 Å². The second-order valence-electron chi connectivity index (χ2n) is 6.68. The predicted molar refractivity (Wildman–Crippen MR) is 118 cm³/mol. The third-order valence-electron chi connectivity index (χ3n) is 4.35. The van der Waals surface area contributed by atoms with Crippen LogP contribution in [0.25, 0.3) is 0 Å². The zero-order valence-corrected chi connectivity index (χ0v) is 17.6. The number of carboxylic acids is 1. The van der Waals surface area contributed by atoms with Gasteiger partial charge in [-0.3, -0.25) is 4.79 Å². The molecule has 156 valence electrons. The summed E-state index contributed by atoms with van der Waals surface area (Å²) in [5.74, 6) is -1.20. The van der Waals surface area contributed by atoms with Crippen molar-refractivity contribution >= 4 is 23.6 Å². The van der Waals surface area contributed by atoms with Crippen molar-refractivity contribution in [1.29, 1.82) is 5.26 Å². The van der Waals surface area contributed by atoms with Gasteiger partial charge in [0.05, 0.1) is 0 Å². The van der Waals surface area contributed by atoms with E-state index in [0.717, 1.165) is 11.1 Å². The summed E-state index contributed by atoms with van der Waals surface area (Å²) in [7, 11) is 0. The molecule has 0 aliphatic heterocycles. The number of hydrogen-bond acceptors (Lipinski definition) is 5. The molecule has 30 heavy (non-hydrogen) atoms. The Labute approximate surface area is 181 Å². The molecule has 0 spiro atoms. The summed E-state index contributed by atoms with van der Waals surface area (Å²) >= 11 is 1.50. The van der Waals surface area contributed by atoms with E-state index >= 15 is 0 Å². The fourth-order valence-corrected chi connectivity index (χ4v) is 3.30. The molecule has 0 heterocycles. The monoisotopic (exact) mass is 423 g/mol. The highest BCUT2D eigenvalue weighted by atomic mass is 32.2. The SMILES string of the molecule is CSCCC(NC(=O)/C(C#N)=C\N(Cc1ccccc1)Cc1ccccc1)C(=O)O. The van der Waals surface area contributed by atoms with Crippen LogP contribution in [0.2, 0.25) is 0 Å². The van der Waals surface area contributed by atoms with E-state index in [9.17, 15) is 20.0 Å². The quantitative estimate of drug-likeness (QED) is 0.425. The lowest BCUT2D eigenvalue weighted by Gasteiger charge is -2.22. The van der Waals surface area contributed by atoms with E-state index in [1.165, 1.54) is 18.0 Å². The van der Waals surface area contributed by atoms with Crippen LogP contribution in [0.1, 0.15) is 17.5 Å². The third kappa shape index (κ3) is 7.64. The van der Waals surface area contributed by atoms with Crippen LogP contribution < -0.4 is 5.32 Å². The number of nitrogens with one attached hydrogen (secondary N) is 1. The van der Waals surface area contributed by atoms with Gasteiger partial charge in [0.25, 0.3) is 5.91 Å². The summed E-state index contributed by atoms with van der Waals surface area (Å²) in [6.07, 6.45) is 3.66. The van der Waals surface area contributed by atoms with Crippen molar-refractivity contribution in [3.63, 3.8) is 0 Å². The summed E-state index contributed by atoms with van der Waals surface area (Å²) in [4.78, 5) is 25.9. The number of aliphatic carboxylic acids is 1. The van der Waals surface area contributed by atoms with Crippen molar-refractivity contribution in [3.8, 4) is 6.07 Å². The number of carbonyl (C=O) groups excluding carboxylic acids is 1. The largest absolute Gasteiger partial charge is 0.480 e. The lowest BCUT2D eigenvalue weighted by Crippen LogP contribution is -2.42. The van der Waals surface area contributed by atoms with Crippen LogP contribution in [-0.4, -0.2) is 39.9 Å². The molecule has 0 saturated heterocycles. The minimum atomic E-state index is -1.11. The molecule has 0 aliphatic rings. The number of nitriles is 1. The number of nitrogens with zero attached hydrogens (tertiary/aromatic N) is 2. The maximum Gasteiger partial charge on any atom is 0.326 e. The Hall–Kier alpha value is -3.24. The molecule has 0 saturated carbocycles. The van der Waals surface area contributed by atoms with Crippen molar-refractivity contribution in [2.24, 2.45) is 0 Å². The lowest BCUT2D eigenvalue weighted by molar-refractivity contribution is -0.141. The van der Waals surface area contributed by atoms with Gasteiger partial charge in [0.15, 0.2) is 0 Å². The minimum absolute atomic E-state index is 0.128. The zero-order chi connectivity index (χ0) is 21.8. The van der Waals surface area contributed by atoms with Crippen molar-refractivity contribution < 1.29 is 14.7 Å².